The van der Waals surface area contributed by atoms with Crippen LogP contribution in [0.15, 0.2) is 23.5 Å². The number of ether oxygens (including phenoxy) is 4. The molecule has 1 fully saturated rings. The summed E-state index contributed by atoms with van der Waals surface area (Å²) in [7, 11) is 1.18. The van der Waals surface area contributed by atoms with Crippen molar-refractivity contribution < 1.29 is 54.4 Å². The van der Waals surface area contributed by atoms with Gasteiger partial charge in [0.15, 0.2) is 6.29 Å². The Morgan fingerprint density at radius 3 is 2.39 bits per heavy atom. The molecule has 2 heterocycles. The third kappa shape index (κ3) is 3.55. The van der Waals surface area contributed by atoms with Crippen LogP contribution in [-0.4, -0.2) is 100 Å². The molecule has 3 rings (SSSR count). The third-order valence-corrected chi connectivity index (χ3v) is 5.27. The summed E-state index contributed by atoms with van der Waals surface area (Å²) in [5.74, 6) is -2.34. The summed E-state index contributed by atoms with van der Waals surface area (Å²) >= 11 is 0. The van der Waals surface area contributed by atoms with Crippen molar-refractivity contribution >= 4 is 5.97 Å². The number of carbonyl (C=O) groups is 1. The van der Waals surface area contributed by atoms with Crippen molar-refractivity contribution in [2.45, 2.75) is 43.1 Å². The van der Waals surface area contributed by atoms with E-state index in [2.05, 4.69) is 0 Å². The van der Waals surface area contributed by atoms with E-state index in [1.807, 2.05) is 0 Å². The van der Waals surface area contributed by atoms with Crippen LogP contribution < -0.4 is 0 Å². The lowest BCUT2D eigenvalue weighted by molar-refractivity contribution is -0.340. The molecule has 11 nitrogen and oxygen atoms in total. The van der Waals surface area contributed by atoms with Crippen molar-refractivity contribution in [3.63, 3.8) is 0 Å². The SMILES string of the molecule is COC(=O)C1=CO[C@@H](O[C@@H]2O[C@H](CO)[C@@H](O)[C@H](O)C2O)[C@@H]2C(CO)=C[C@H](O)[C@H]12. The Hall–Kier alpha value is -1.57. The third-order valence-electron chi connectivity index (χ3n) is 5.27. The number of carbonyl (C=O) groups excluding carboxylic acids is 1. The summed E-state index contributed by atoms with van der Waals surface area (Å²) in [4.78, 5) is 12.0. The molecule has 0 radical (unpaired) electrons. The van der Waals surface area contributed by atoms with Gasteiger partial charge in [0.05, 0.1) is 44.2 Å². The first-order valence-corrected chi connectivity index (χ1v) is 8.73. The number of esters is 1. The summed E-state index contributed by atoms with van der Waals surface area (Å²) in [5, 5.41) is 59.1. The number of hydrogen-bond acceptors (Lipinski definition) is 11. The van der Waals surface area contributed by atoms with E-state index >= 15 is 0 Å². The quantitative estimate of drug-likeness (QED) is 0.200. The molecule has 28 heavy (non-hydrogen) atoms. The van der Waals surface area contributed by atoms with Gasteiger partial charge in [-0.25, -0.2) is 4.79 Å². The van der Waals surface area contributed by atoms with E-state index in [-0.39, 0.29) is 5.57 Å². The molecule has 0 aromatic rings. The fraction of sp³-hybridized carbons (Fsp3) is 0.706. The number of aliphatic hydroxyl groups excluding tert-OH is 6. The highest BCUT2D eigenvalue weighted by Gasteiger charge is 2.52. The average Bonchev–Trinajstić information content (AvgIpc) is 3.05. The highest BCUT2D eigenvalue weighted by molar-refractivity contribution is 5.89. The molecule has 3 aliphatic rings. The lowest BCUT2D eigenvalue weighted by Crippen LogP contribution is -2.60. The van der Waals surface area contributed by atoms with Crippen molar-refractivity contribution in [2.24, 2.45) is 11.8 Å². The minimum absolute atomic E-state index is 0.0494. The molecule has 1 aliphatic carbocycles. The summed E-state index contributed by atoms with van der Waals surface area (Å²) in [6.07, 6.45) is -7.36. The fourth-order valence-corrected chi connectivity index (χ4v) is 3.79. The Morgan fingerprint density at radius 2 is 1.79 bits per heavy atom. The standard InChI is InChI=1S/C17H24O11/c1-25-15(24)7-5-26-16(10-6(3-18)2-8(20)11(7)10)28-17-14(23)13(22)12(21)9(4-19)27-17/h2,5,8-14,16-23H,3-4H2,1H3/t8-,9+,10+,11-,12+,13-,14?,16-,17-/m0/s1. The van der Waals surface area contributed by atoms with Crippen LogP contribution in [0.1, 0.15) is 0 Å². The molecule has 6 N–H and O–H groups in total. The van der Waals surface area contributed by atoms with Gasteiger partial charge in [-0.05, 0) is 5.57 Å². The highest BCUT2D eigenvalue weighted by Crippen LogP contribution is 2.44. The second-order valence-corrected chi connectivity index (χ2v) is 6.84. The van der Waals surface area contributed by atoms with Crippen molar-refractivity contribution in [3.05, 3.63) is 23.5 Å². The lowest BCUT2D eigenvalue weighted by atomic mass is 9.82. The Morgan fingerprint density at radius 1 is 1.07 bits per heavy atom. The van der Waals surface area contributed by atoms with Crippen LogP contribution in [0.5, 0.6) is 0 Å². The molecular weight excluding hydrogens is 380 g/mol. The van der Waals surface area contributed by atoms with E-state index in [1.165, 1.54) is 13.2 Å². The van der Waals surface area contributed by atoms with E-state index < -0.39 is 74.1 Å². The number of methoxy groups -OCH3 is 1. The molecule has 158 valence electrons. The normalized spacial score (nSPS) is 42.9. The number of rotatable bonds is 5. The van der Waals surface area contributed by atoms with Crippen LogP contribution in [0.2, 0.25) is 0 Å². The van der Waals surface area contributed by atoms with E-state index in [0.717, 1.165) is 6.26 Å². The van der Waals surface area contributed by atoms with Gasteiger partial charge in [-0.3, -0.25) is 0 Å². The maximum absolute atomic E-state index is 12.0. The van der Waals surface area contributed by atoms with Crippen LogP contribution >= 0.6 is 0 Å². The molecular formula is C17H24O11. The summed E-state index contributed by atoms with van der Waals surface area (Å²) in [5.41, 5.74) is 0.398. The first-order chi connectivity index (χ1) is 13.3. The number of aliphatic hydroxyl groups is 6. The maximum Gasteiger partial charge on any atom is 0.337 e. The molecule has 0 saturated carbocycles. The van der Waals surface area contributed by atoms with Gasteiger partial charge < -0.3 is 49.6 Å². The molecule has 0 spiro atoms. The second-order valence-electron chi connectivity index (χ2n) is 6.84. The number of fused-ring (bicyclic) bond motifs is 1. The van der Waals surface area contributed by atoms with Crippen molar-refractivity contribution in [1.82, 2.24) is 0 Å². The molecule has 0 aromatic carbocycles. The smallest absolute Gasteiger partial charge is 0.337 e. The summed E-state index contributed by atoms with van der Waals surface area (Å²) in [6.45, 7) is -1.07. The highest BCUT2D eigenvalue weighted by atomic mass is 16.8. The second kappa shape index (κ2) is 8.43. The van der Waals surface area contributed by atoms with Gasteiger partial charge in [-0.2, -0.15) is 0 Å². The van der Waals surface area contributed by atoms with Crippen molar-refractivity contribution in [3.8, 4) is 0 Å². The van der Waals surface area contributed by atoms with Gasteiger partial charge in [0.25, 0.3) is 0 Å². The summed E-state index contributed by atoms with van der Waals surface area (Å²) < 4.78 is 21.1. The minimum atomic E-state index is -1.65. The van der Waals surface area contributed by atoms with Crippen LogP contribution in [0.25, 0.3) is 0 Å². The Balaban J connectivity index is 1.84. The molecule has 0 aromatic heterocycles. The van der Waals surface area contributed by atoms with E-state index in [9.17, 15) is 35.4 Å². The topological polar surface area (TPSA) is 175 Å². The van der Waals surface area contributed by atoms with Gasteiger partial charge in [0, 0.05) is 5.92 Å². The molecule has 1 unspecified atom stereocenters. The van der Waals surface area contributed by atoms with Crippen LogP contribution in [-0.2, 0) is 23.7 Å². The van der Waals surface area contributed by atoms with Crippen LogP contribution in [0.3, 0.4) is 0 Å². The predicted molar refractivity (Wildman–Crippen MR) is 88.0 cm³/mol. The van der Waals surface area contributed by atoms with Gasteiger partial charge in [0.2, 0.25) is 6.29 Å². The van der Waals surface area contributed by atoms with Crippen LogP contribution in [0, 0.1) is 11.8 Å². The average molecular weight is 404 g/mol. The largest absolute Gasteiger partial charge is 0.471 e. The zero-order valence-corrected chi connectivity index (χ0v) is 15.0. The molecule has 11 heteroatoms. The molecule has 1 saturated heterocycles. The molecule has 9 atom stereocenters. The first-order valence-electron chi connectivity index (χ1n) is 8.73. The zero-order valence-electron chi connectivity index (χ0n) is 15.0. The van der Waals surface area contributed by atoms with E-state index in [4.69, 9.17) is 18.9 Å². The maximum atomic E-state index is 12.0. The minimum Gasteiger partial charge on any atom is -0.471 e. The Bertz CT molecular complexity index is 645. The van der Waals surface area contributed by atoms with Gasteiger partial charge in [-0.15, -0.1) is 0 Å². The zero-order chi connectivity index (χ0) is 20.6. The van der Waals surface area contributed by atoms with E-state index in [0.29, 0.717) is 5.57 Å². The molecule has 2 aliphatic heterocycles. The number of hydrogen-bond donors (Lipinski definition) is 6. The van der Waals surface area contributed by atoms with Crippen molar-refractivity contribution in [1.29, 1.82) is 0 Å². The van der Waals surface area contributed by atoms with Gasteiger partial charge in [-0.1, -0.05) is 6.08 Å². The summed E-state index contributed by atoms with van der Waals surface area (Å²) in [6, 6.07) is 0. The fourth-order valence-electron chi connectivity index (χ4n) is 3.79. The lowest BCUT2D eigenvalue weighted by Gasteiger charge is -2.43. The monoisotopic (exact) mass is 404 g/mol. The van der Waals surface area contributed by atoms with Crippen molar-refractivity contribution in [2.75, 3.05) is 20.3 Å². The predicted octanol–water partition coefficient (Wildman–Crippen LogP) is -3.26. The van der Waals surface area contributed by atoms with E-state index in [1.54, 1.807) is 0 Å². The van der Waals surface area contributed by atoms with Gasteiger partial charge >= 0.3 is 5.97 Å². The molecule has 0 bridgehead atoms. The Labute approximate surface area is 160 Å². The van der Waals surface area contributed by atoms with Gasteiger partial charge in [0.1, 0.15) is 24.4 Å². The first kappa shape index (κ1) is 21.1. The van der Waals surface area contributed by atoms with Crippen LogP contribution in [0.4, 0.5) is 0 Å². The Kier molecular flexibility index (Phi) is 6.37. The molecule has 0 amide bonds.